The molecular formula is C23H31NO4S. The molecule has 0 fully saturated rings. The Balaban J connectivity index is 1.68. The Hall–Kier alpha value is -2.34. The summed E-state index contributed by atoms with van der Waals surface area (Å²) in [5.41, 5.74) is 3.37. The number of carbonyl (C=O) groups is 1. The molecule has 0 aliphatic carbocycles. The third-order valence-electron chi connectivity index (χ3n) is 4.40. The van der Waals surface area contributed by atoms with Gasteiger partial charge in [0.2, 0.25) is 5.91 Å². The lowest BCUT2D eigenvalue weighted by molar-refractivity contribution is -0.120. The molecule has 158 valence electrons. The van der Waals surface area contributed by atoms with E-state index in [4.69, 9.17) is 14.2 Å². The Kier molecular flexibility index (Phi) is 9.19. The van der Waals surface area contributed by atoms with Crippen LogP contribution in [0.4, 0.5) is 0 Å². The molecule has 1 N–H and O–H groups in total. The van der Waals surface area contributed by atoms with Gasteiger partial charge in [0, 0.05) is 6.54 Å². The topological polar surface area (TPSA) is 56.8 Å². The molecule has 0 radical (unpaired) electrons. The third-order valence-corrected chi connectivity index (χ3v) is 5.64. The van der Waals surface area contributed by atoms with Gasteiger partial charge in [-0.15, -0.1) is 11.8 Å². The smallest absolute Gasteiger partial charge is 0.233 e. The predicted molar refractivity (Wildman–Crippen MR) is 119 cm³/mol. The van der Waals surface area contributed by atoms with E-state index in [2.05, 4.69) is 25.2 Å². The molecule has 29 heavy (non-hydrogen) atoms. The number of methoxy groups -OCH3 is 2. The molecule has 2 rings (SSSR count). The number of carbonyl (C=O) groups excluding carboxylic acids is 1. The quantitative estimate of drug-likeness (QED) is 0.545. The van der Waals surface area contributed by atoms with Crippen LogP contribution in [0.1, 0.15) is 30.0 Å². The number of benzene rings is 2. The van der Waals surface area contributed by atoms with E-state index >= 15 is 0 Å². The Morgan fingerprint density at radius 2 is 1.72 bits per heavy atom. The monoisotopic (exact) mass is 417 g/mol. The van der Waals surface area contributed by atoms with E-state index in [0.717, 1.165) is 23.5 Å². The van der Waals surface area contributed by atoms with Gasteiger partial charge in [-0.1, -0.05) is 12.1 Å². The Morgan fingerprint density at radius 1 is 1.03 bits per heavy atom. The summed E-state index contributed by atoms with van der Waals surface area (Å²) in [6.07, 6.45) is 0.894. The van der Waals surface area contributed by atoms with Crippen LogP contribution in [-0.2, 0) is 11.3 Å². The van der Waals surface area contributed by atoms with E-state index < -0.39 is 0 Å². The van der Waals surface area contributed by atoms with Gasteiger partial charge in [0.25, 0.3) is 0 Å². The number of thioether (sulfide) groups is 1. The van der Waals surface area contributed by atoms with Crippen LogP contribution < -0.4 is 19.5 Å². The lowest BCUT2D eigenvalue weighted by Crippen LogP contribution is -2.30. The van der Waals surface area contributed by atoms with Crippen LogP contribution in [-0.4, -0.2) is 37.7 Å². The van der Waals surface area contributed by atoms with E-state index in [9.17, 15) is 4.79 Å². The Bertz CT molecular complexity index is 789. The van der Waals surface area contributed by atoms with Crippen molar-refractivity contribution in [3.8, 4) is 17.2 Å². The first-order chi connectivity index (χ1) is 13.9. The lowest BCUT2D eigenvalue weighted by Gasteiger charge is -2.14. The van der Waals surface area contributed by atoms with Gasteiger partial charge in [-0.2, -0.15) is 0 Å². The van der Waals surface area contributed by atoms with Gasteiger partial charge in [-0.25, -0.2) is 0 Å². The fourth-order valence-corrected chi connectivity index (χ4v) is 3.80. The summed E-state index contributed by atoms with van der Waals surface area (Å²) in [7, 11) is 3.20. The third kappa shape index (κ3) is 7.54. The molecule has 0 bridgehead atoms. The Labute approximate surface area is 178 Å². The van der Waals surface area contributed by atoms with Crippen LogP contribution in [0, 0.1) is 13.8 Å². The summed E-state index contributed by atoms with van der Waals surface area (Å²) >= 11 is 1.64. The minimum absolute atomic E-state index is 0.0278. The largest absolute Gasteiger partial charge is 0.494 e. The van der Waals surface area contributed by atoms with Crippen molar-refractivity contribution < 1.29 is 19.0 Å². The molecule has 6 heteroatoms. The summed E-state index contributed by atoms with van der Waals surface area (Å²) in [4.78, 5) is 12.3. The summed E-state index contributed by atoms with van der Waals surface area (Å²) in [5.74, 6) is 3.14. The normalized spacial score (nSPS) is 11.6. The molecular weight excluding hydrogens is 386 g/mol. The zero-order valence-electron chi connectivity index (χ0n) is 17.9. The number of nitrogens with one attached hydrogen (secondary N) is 1. The van der Waals surface area contributed by atoms with Gasteiger partial charge in [0.15, 0.2) is 11.5 Å². The predicted octanol–water partition coefficient (Wildman–Crippen LogP) is 4.53. The first kappa shape index (κ1) is 22.9. The number of aryl methyl sites for hydroxylation is 2. The maximum Gasteiger partial charge on any atom is 0.233 e. The number of hydrogen-bond donors (Lipinski definition) is 1. The van der Waals surface area contributed by atoms with Crippen molar-refractivity contribution in [2.24, 2.45) is 0 Å². The van der Waals surface area contributed by atoms with Crippen molar-refractivity contribution in [2.45, 2.75) is 39.0 Å². The molecule has 0 spiro atoms. The Morgan fingerprint density at radius 3 is 2.38 bits per heavy atom. The molecule has 1 amide bonds. The minimum Gasteiger partial charge on any atom is -0.494 e. The van der Waals surface area contributed by atoms with Crippen molar-refractivity contribution >= 4 is 17.7 Å². The van der Waals surface area contributed by atoms with Gasteiger partial charge in [0.1, 0.15) is 5.75 Å². The van der Waals surface area contributed by atoms with E-state index in [0.29, 0.717) is 24.7 Å². The van der Waals surface area contributed by atoms with Crippen LogP contribution in [0.3, 0.4) is 0 Å². The van der Waals surface area contributed by atoms with Crippen LogP contribution >= 0.6 is 11.8 Å². The SMILES string of the molecule is COc1ccc(CNC(=O)C(C)SCCCOc2cc(C)cc(C)c2)cc1OC. The van der Waals surface area contributed by atoms with Gasteiger partial charge in [-0.05, 0) is 73.9 Å². The average Bonchev–Trinajstić information content (AvgIpc) is 2.70. The number of ether oxygens (including phenoxy) is 3. The average molecular weight is 418 g/mol. The molecule has 1 unspecified atom stereocenters. The van der Waals surface area contributed by atoms with Crippen molar-refractivity contribution in [3.63, 3.8) is 0 Å². The van der Waals surface area contributed by atoms with Gasteiger partial charge < -0.3 is 19.5 Å². The molecule has 0 aliphatic heterocycles. The van der Waals surface area contributed by atoms with Crippen molar-refractivity contribution in [1.29, 1.82) is 0 Å². The minimum atomic E-state index is -0.114. The summed E-state index contributed by atoms with van der Waals surface area (Å²) < 4.78 is 16.4. The van der Waals surface area contributed by atoms with E-state index in [1.807, 2.05) is 37.3 Å². The summed E-state index contributed by atoms with van der Waals surface area (Å²) in [6, 6.07) is 11.9. The first-order valence-electron chi connectivity index (χ1n) is 9.74. The fraction of sp³-hybridized carbons (Fsp3) is 0.435. The highest BCUT2D eigenvalue weighted by molar-refractivity contribution is 8.00. The highest BCUT2D eigenvalue weighted by Crippen LogP contribution is 2.27. The van der Waals surface area contributed by atoms with Gasteiger partial charge in [0.05, 0.1) is 26.1 Å². The maximum absolute atomic E-state index is 12.3. The zero-order chi connectivity index (χ0) is 21.2. The maximum atomic E-state index is 12.3. The molecule has 0 saturated heterocycles. The molecule has 2 aromatic rings. The van der Waals surface area contributed by atoms with Crippen molar-refractivity contribution in [1.82, 2.24) is 5.32 Å². The van der Waals surface area contributed by atoms with E-state index in [-0.39, 0.29) is 11.2 Å². The van der Waals surface area contributed by atoms with E-state index in [1.54, 1.807) is 26.0 Å². The second-order valence-corrected chi connectivity index (χ2v) is 8.39. The summed E-state index contributed by atoms with van der Waals surface area (Å²) in [6.45, 7) is 7.17. The molecule has 0 heterocycles. The fourth-order valence-electron chi connectivity index (χ4n) is 2.92. The highest BCUT2D eigenvalue weighted by Gasteiger charge is 2.13. The standard InChI is InChI=1S/C23H31NO4S/c1-16-11-17(2)13-20(12-16)28-9-6-10-29-18(3)23(25)24-15-19-7-8-21(26-4)22(14-19)27-5/h7-8,11-14,18H,6,9-10,15H2,1-5H3,(H,24,25). The van der Waals surface area contributed by atoms with Crippen LogP contribution in [0.2, 0.25) is 0 Å². The highest BCUT2D eigenvalue weighted by atomic mass is 32.2. The van der Waals surface area contributed by atoms with Gasteiger partial charge >= 0.3 is 0 Å². The number of amides is 1. The van der Waals surface area contributed by atoms with Crippen LogP contribution in [0.15, 0.2) is 36.4 Å². The molecule has 0 aromatic heterocycles. The molecule has 1 atom stereocenters. The van der Waals surface area contributed by atoms with Crippen LogP contribution in [0.25, 0.3) is 0 Å². The first-order valence-corrected chi connectivity index (χ1v) is 10.8. The second kappa shape index (κ2) is 11.6. The molecule has 0 aliphatic rings. The lowest BCUT2D eigenvalue weighted by atomic mass is 10.1. The second-order valence-electron chi connectivity index (χ2n) is 6.95. The molecule has 2 aromatic carbocycles. The van der Waals surface area contributed by atoms with Gasteiger partial charge in [-0.3, -0.25) is 4.79 Å². The zero-order valence-corrected chi connectivity index (χ0v) is 18.7. The van der Waals surface area contributed by atoms with E-state index in [1.165, 1.54) is 11.1 Å². The molecule has 0 saturated carbocycles. The number of rotatable bonds is 11. The van der Waals surface area contributed by atoms with Crippen molar-refractivity contribution in [2.75, 3.05) is 26.6 Å². The van der Waals surface area contributed by atoms with Crippen LogP contribution in [0.5, 0.6) is 17.2 Å². The molecule has 5 nitrogen and oxygen atoms in total. The number of hydrogen-bond acceptors (Lipinski definition) is 5. The summed E-state index contributed by atoms with van der Waals surface area (Å²) in [5, 5.41) is 2.86. The van der Waals surface area contributed by atoms with Crippen molar-refractivity contribution in [3.05, 3.63) is 53.1 Å².